The first-order valence-electron chi connectivity index (χ1n) is 8.64. The summed E-state index contributed by atoms with van der Waals surface area (Å²) in [4.78, 5) is 10.9. The maximum absolute atomic E-state index is 12.4. The smallest absolute Gasteiger partial charge is 0.257 e. The van der Waals surface area contributed by atoms with Crippen LogP contribution in [0.4, 0.5) is 5.95 Å². The monoisotopic (exact) mass is 360 g/mol. The second-order valence-corrected chi connectivity index (χ2v) is 8.29. The number of nitrogens with one attached hydrogen (secondary N) is 2. The summed E-state index contributed by atoms with van der Waals surface area (Å²) in [6.07, 6.45) is 6.20. The number of nitrogens with zero attached hydrogens (tertiary/aromatic N) is 2. The van der Waals surface area contributed by atoms with Crippen molar-refractivity contribution >= 4 is 16.0 Å². The van der Waals surface area contributed by atoms with Gasteiger partial charge in [-0.2, -0.15) is 0 Å². The normalized spacial score (nSPS) is 15.9. The van der Waals surface area contributed by atoms with Crippen LogP contribution in [-0.2, 0) is 10.0 Å². The van der Waals surface area contributed by atoms with E-state index in [0.717, 1.165) is 11.4 Å². The van der Waals surface area contributed by atoms with Gasteiger partial charge in [0.2, 0.25) is 5.95 Å². The third-order valence-electron chi connectivity index (χ3n) is 4.55. The predicted octanol–water partition coefficient (Wildman–Crippen LogP) is 3.45. The number of sulfonamides is 1. The van der Waals surface area contributed by atoms with Crippen molar-refractivity contribution < 1.29 is 8.42 Å². The van der Waals surface area contributed by atoms with Crippen molar-refractivity contribution in [3.8, 4) is 0 Å². The van der Waals surface area contributed by atoms with Gasteiger partial charge >= 0.3 is 0 Å². The van der Waals surface area contributed by atoms with Gasteiger partial charge in [-0.15, -0.1) is 4.83 Å². The molecule has 2 aromatic rings. The average Bonchev–Trinajstić information content (AvgIpc) is 2.60. The third kappa shape index (κ3) is 4.55. The van der Waals surface area contributed by atoms with Gasteiger partial charge in [0.25, 0.3) is 10.0 Å². The summed E-state index contributed by atoms with van der Waals surface area (Å²) in [5.74, 6) is 0.792. The first kappa shape index (κ1) is 17.8. The van der Waals surface area contributed by atoms with Crippen molar-refractivity contribution in [2.45, 2.75) is 56.8 Å². The van der Waals surface area contributed by atoms with Crippen molar-refractivity contribution in [1.29, 1.82) is 0 Å². The molecule has 0 bridgehead atoms. The average molecular weight is 360 g/mol. The number of aryl methyl sites for hydroxylation is 2. The molecule has 0 aliphatic heterocycles. The second-order valence-electron chi connectivity index (χ2n) is 6.61. The van der Waals surface area contributed by atoms with Crippen LogP contribution >= 0.6 is 0 Å². The maximum atomic E-state index is 12.4. The Kier molecular flexibility index (Phi) is 5.34. The number of aromatic nitrogens is 2. The van der Waals surface area contributed by atoms with Crippen LogP contribution in [0.2, 0.25) is 0 Å². The van der Waals surface area contributed by atoms with Gasteiger partial charge in [-0.25, -0.2) is 18.4 Å². The first-order chi connectivity index (χ1) is 11.9. The second kappa shape index (κ2) is 7.49. The molecule has 1 heterocycles. The van der Waals surface area contributed by atoms with Crippen LogP contribution in [0.15, 0.2) is 35.2 Å². The Hall–Kier alpha value is -1.99. The molecule has 134 valence electrons. The molecule has 1 saturated carbocycles. The van der Waals surface area contributed by atoms with Gasteiger partial charge in [0.15, 0.2) is 0 Å². The number of hydrazine groups is 1. The Morgan fingerprint density at radius 2 is 1.56 bits per heavy atom. The van der Waals surface area contributed by atoms with E-state index in [1.807, 2.05) is 32.0 Å². The quantitative estimate of drug-likeness (QED) is 0.798. The summed E-state index contributed by atoms with van der Waals surface area (Å²) in [7, 11) is -3.67. The number of anilines is 1. The van der Waals surface area contributed by atoms with Crippen LogP contribution in [0.1, 0.15) is 55.0 Å². The molecule has 2 N–H and O–H groups in total. The lowest BCUT2D eigenvalue weighted by atomic mass is 9.84. The molecule has 1 aliphatic carbocycles. The van der Waals surface area contributed by atoms with E-state index in [4.69, 9.17) is 0 Å². The minimum atomic E-state index is -3.67. The number of hydrogen-bond donors (Lipinski definition) is 2. The Bertz CT molecular complexity index is 808. The zero-order chi connectivity index (χ0) is 17.9. The van der Waals surface area contributed by atoms with Crippen molar-refractivity contribution in [2.24, 2.45) is 0 Å². The summed E-state index contributed by atoms with van der Waals surface area (Å²) in [6, 6.07) is 9.01. The molecule has 7 heteroatoms. The predicted molar refractivity (Wildman–Crippen MR) is 97.7 cm³/mol. The fourth-order valence-electron chi connectivity index (χ4n) is 3.31. The van der Waals surface area contributed by atoms with Crippen LogP contribution in [0.3, 0.4) is 0 Å². The van der Waals surface area contributed by atoms with Crippen molar-refractivity contribution in [3.63, 3.8) is 0 Å². The highest BCUT2D eigenvalue weighted by Crippen LogP contribution is 2.32. The molecule has 0 spiro atoms. The lowest BCUT2D eigenvalue weighted by molar-refractivity contribution is 0.443. The molecule has 6 nitrogen and oxygen atoms in total. The molecular weight excluding hydrogens is 336 g/mol. The molecule has 0 radical (unpaired) electrons. The Balaban J connectivity index is 1.69. The summed E-state index contributed by atoms with van der Waals surface area (Å²) < 4.78 is 24.9. The summed E-state index contributed by atoms with van der Waals surface area (Å²) in [5.41, 5.74) is 5.35. The van der Waals surface area contributed by atoms with E-state index in [9.17, 15) is 8.42 Å². The molecule has 1 aliphatic rings. The largest absolute Gasteiger partial charge is 0.276 e. The molecule has 1 aromatic carbocycles. The molecule has 1 fully saturated rings. The Morgan fingerprint density at radius 1 is 0.960 bits per heavy atom. The van der Waals surface area contributed by atoms with Gasteiger partial charge in [-0.05, 0) is 56.4 Å². The zero-order valence-electron chi connectivity index (χ0n) is 14.6. The zero-order valence-corrected chi connectivity index (χ0v) is 15.4. The van der Waals surface area contributed by atoms with E-state index in [1.165, 1.54) is 37.7 Å². The van der Waals surface area contributed by atoms with Crippen LogP contribution < -0.4 is 10.3 Å². The van der Waals surface area contributed by atoms with Crippen LogP contribution in [0.5, 0.6) is 0 Å². The van der Waals surface area contributed by atoms with E-state index in [1.54, 1.807) is 12.1 Å². The molecule has 1 aromatic heterocycles. The van der Waals surface area contributed by atoms with Crippen molar-refractivity contribution in [3.05, 3.63) is 47.3 Å². The lowest BCUT2D eigenvalue weighted by Gasteiger charge is -2.22. The third-order valence-corrected chi connectivity index (χ3v) is 5.81. The van der Waals surface area contributed by atoms with Gasteiger partial charge in [0.05, 0.1) is 4.90 Å². The van der Waals surface area contributed by atoms with Crippen LogP contribution in [-0.4, -0.2) is 18.4 Å². The summed E-state index contributed by atoms with van der Waals surface area (Å²) in [6.45, 7) is 3.66. The van der Waals surface area contributed by atoms with E-state index in [0.29, 0.717) is 5.92 Å². The van der Waals surface area contributed by atoms with Crippen LogP contribution in [0.25, 0.3) is 0 Å². The fourth-order valence-corrected chi connectivity index (χ4v) is 4.15. The maximum Gasteiger partial charge on any atom is 0.257 e. The summed E-state index contributed by atoms with van der Waals surface area (Å²) >= 11 is 0. The SMILES string of the molecule is Cc1cc(C)nc(NNS(=O)(=O)c2ccc(C3CCCCC3)cc2)n1. The Morgan fingerprint density at radius 3 is 2.16 bits per heavy atom. The van der Waals surface area contributed by atoms with Crippen molar-refractivity contribution in [1.82, 2.24) is 14.8 Å². The molecule has 0 saturated heterocycles. The Labute approximate surface area is 149 Å². The van der Waals surface area contributed by atoms with Crippen LogP contribution in [0, 0.1) is 13.8 Å². The minimum Gasteiger partial charge on any atom is -0.276 e. The topological polar surface area (TPSA) is 84.0 Å². The van der Waals surface area contributed by atoms with Gasteiger partial charge in [0, 0.05) is 11.4 Å². The molecule has 0 amide bonds. The molecule has 0 atom stereocenters. The van der Waals surface area contributed by atoms with Gasteiger partial charge < -0.3 is 0 Å². The van der Waals surface area contributed by atoms with Gasteiger partial charge in [-0.3, -0.25) is 5.43 Å². The highest BCUT2D eigenvalue weighted by Gasteiger charge is 2.18. The standard InChI is InChI=1S/C18H24N4O2S/c1-13-12-14(2)20-18(19-13)21-22-25(23,24)17-10-8-16(9-11-17)15-6-4-3-5-7-15/h8-12,15,22H,3-7H2,1-2H3,(H,19,20,21). The fraction of sp³-hybridized carbons (Fsp3) is 0.444. The van der Waals surface area contributed by atoms with E-state index in [-0.39, 0.29) is 10.8 Å². The summed E-state index contributed by atoms with van der Waals surface area (Å²) in [5, 5.41) is 0. The van der Waals surface area contributed by atoms with E-state index < -0.39 is 10.0 Å². The molecule has 25 heavy (non-hydrogen) atoms. The van der Waals surface area contributed by atoms with Crippen molar-refractivity contribution in [2.75, 3.05) is 5.43 Å². The highest BCUT2D eigenvalue weighted by atomic mass is 32.2. The minimum absolute atomic E-state index is 0.226. The van der Waals surface area contributed by atoms with E-state index >= 15 is 0 Å². The number of benzene rings is 1. The molecule has 3 rings (SSSR count). The molecule has 0 unspecified atom stereocenters. The lowest BCUT2D eigenvalue weighted by Crippen LogP contribution is -2.30. The number of rotatable bonds is 5. The highest BCUT2D eigenvalue weighted by molar-refractivity contribution is 7.89. The first-order valence-corrected chi connectivity index (χ1v) is 10.1. The van der Waals surface area contributed by atoms with E-state index in [2.05, 4.69) is 20.2 Å². The number of hydrogen-bond acceptors (Lipinski definition) is 5. The molecular formula is C18H24N4O2S. The van der Waals surface area contributed by atoms with Gasteiger partial charge in [-0.1, -0.05) is 31.4 Å². The van der Waals surface area contributed by atoms with Gasteiger partial charge in [0.1, 0.15) is 0 Å².